The molecule has 0 saturated heterocycles. The van der Waals surface area contributed by atoms with E-state index in [4.69, 9.17) is 16.9 Å². The molecular weight excluding hydrogens is 299 g/mol. The van der Waals surface area contributed by atoms with Crippen molar-refractivity contribution < 1.29 is 4.39 Å². The number of nitrogens with zero attached hydrogens (tertiary/aromatic N) is 4. The van der Waals surface area contributed by atoms with Crippen LogP contribution in [-0.4, -0.2) is 15.0 Å². The summed E-state index contributed by atoms with van der Waals surface area (Å²) in [7, 11) is 0. The van der Waals surface area contributed by atoms with Gasteiger partial charge in [0.15, 0.2) is 5.69 Å². The smallest absolute Gasteiger partial charge is 0.191 e. The molecule has 0 aliphatic rings. The minimum atomic E-state index is -0.506. The topological polar surface area (TPSA) is 54.5 Å². The molecule has 2 aromatic heterocycles. The Morgan fingerprint density at radius 1 is 1.35 bits per heavy atom. The lowest BCUT2D eigenvalue weighted by Gasteiger charge is -2.05. The van der Waals surface area contributed by atoms with Crippen molar-refractivity contribution in [3.05, 3.63) is 52.2 Å². The molecule has 4 nitrogen and oxygen atoms in total. The Bertz CT molecular complexity index is 804. The first-order valence-electron chi connectivity index (χ1n) is 5.56. The Morgan fingerprint density at radius 3 is 2.85 bits per heavy atom. The third-order valence-electron chi connectivity index (χ3n) is 2.68. The lowest BCUT2D eigenvalue weighted by molar-refractivity contribution is 0.627. The predicted octanol–water partition coefficient (Wildman–Crippen LogP) is 3.66. The van der Waals surface area contributed by atoms with Gasteiger partial charge in [-0.15, -0.1) is 16.4 Å². The number of hydrogen-bond acceptors (Lipinski definition) is 4. The van der Waals surface area contributed by atoms with Crippen molar-refractivity contribution in [1.29, 1.82) is 5.26 Å². The zero-order chi connectivity index (χ0) is 14.1. The number of thiophene rings is 1. The highest BCUT2D eigenvalue weighted by Gasteiger charge is 2.17. The van der Waals surface area contributed by atoms with Crippen LogP contribution in [0.5, 0.6) is 0 Å². The van der Waals surface area contributed by atoms with Crippen LogP contribution >= 0.6 is 22.9 Å². The molecule has 7 heteroatoms. The molecule has 3 rings (SSSR count). The average Bonchev–Trinajstić information content (AvgIpc) is 3.09. The van der Waals surface area contributed by atoms with Gasteiger partial charge in [-0.05, 0) is 29.6 Å². The summed E-state index contributed by atoms with van der Waals surface area (Å²) >= 11 is 7.25. The Morgan fingerprint density at radius 2 is 2.20 bits per heavy atom. The van der Waals surface area contributed by atoms with Crippen LogP contribution in [0.25, 0.3) is 16.3 Å². The summed E-state index contributed by atoms with van der Waals surface area (Å²) in [5.74, 6) is -0.506. The van der Waals surface area contributed by atoms with Gasteiger partial charge in [0.2, 0.25) is 0 Å². The number of rotatable bonds is 2. The normalized spacial score (nSPS) is 10.4. The number of halogens is 2. The van der Waals surface area contributed by atoms with E-state index in [-0.39, 0.29) is 10.7 Å². The SMILES string of the molecule is N#Cc1nnn(-c2ccc(F)c(Cl)c2)c1-c1cccs1. The van der Waals surface area contributed by atoms with Gasteiger partial charge in [0.05, 0.1) is 15.6 Å². The maximum atomic E-state index is 13.2. The number of aromatic nitrogens is 3. The molecule has 3 aromatic rings. The van der Waals surface area contributed by atoms with Gasteiger partial charge < -0.3 is 0 Å². The second-order valence-electron chi connectivity index (χ2n) is 3.89. The second-order valence-corrected chi connectivity index (χ2v) is 5.24. The van der Waals surface area contributed by atoms with E-state index in [0.29, 0.717) is 11.4 Å². The number of nitriles is 1. The number of benzene rings is 1. The van der Waals surface area contributed by atoms with Crippen LogP contribution in [0.15, 0.2) is 35.7 Å². The summed E-state index contributed by atoms with van der Waals surface area (Å²) in [4.78, 5) is 0.854. The first kappa shape index (κ1) is 12.8. The van der Waals surface area contributed by atoms with Gasteiger partial charge in [0.1, 0.15) is 17.6 Å². The monoisotopic (exact) mass is 304 g/mol. The minimum Gasteiger partial charge on any atom is -0.211 e. The largest absolute Gasteiger partial charge is 0.211 e. The molecule has 0 aliphatic carbocycles. The summed E-state index contributed by atoms with van der Waals surface area (Å²) in [6.07, 6.45) is 0. The van der Waals surface area contributed by atoms with E-state index in [1.807, 2.05) is 23.6 Å². The van der Waals surface area contributed by atoms with Crippen molar-refractivity contribution in [2.75, 3.05) is 0 Å². The molecular formula is C13H6ClFN4S. The highest BCUT2D eigenvalue weighted by Crippen LogP contribution is 2.29. The summed E-state index contributed by atoms with van der Waals surface area (Å²) in [5.41, 5.74) is 1.34. The molecule has 0 spiro atoms. The lowest BCUT2D eigenvalue weighted by atomic mass is 10.2. The Kier molecular flexibility index (Phi) is 3.22. The third-order valence-corrected chi connectivity index (χ3v) is 3.84. The molecule has 0 fully saturated rings. The van der Waals surface area contributed by atoms with Crippen molar-refractivity contribution >= 4 is 22.9 Å². The first-order chi connectivity index (χ1) is 9.70. The fourth-order valence-corrected chi connectivity index (χ4v) is 2.72. The molecule has 0 bridgehead atoms. The van der Waals surface area contributed by atoms with E-state index in [1.54, 1.807) is 0 Å². The van der Waals surface area contributed by atoms with Crippen molar-refractivity contribution in [3.63, 3.8) is 0 Å². The predicted molar refractivity (Wildman–Crippen MR) is 74.4 cm³/mol. The van der Waals surface area contributed by atoms with E-state index < -0.39 is 5.82 Å². The van der Waals surface area contributed by atoms with Crippen LogP contribution in [-0.2, 0) is 0 Å². The van der Waals surface area contributed by atoms with E-state index in [0.717, 1.165) is 4.88 Å². The second kappa shape index (κ2) is 5.04. The molecule has 20 heavy (non-hydrogen) atoms. The van der Waals surface area contributed by atoms with Crippen molar-refractivity contribution in [1.82, 2.24) is 15.0 Å². The molecule has 0 amide bonds. The molecule has 0 saturated carbocycles. The van der Waals surface area contributed by atoms with E-state index in [2.05, 4.69) is 10.3 Å². The summed E-state index contributed by atoms with van der Waals surface area (Å²) in [5, 5.41) is 18.8. The fourth-order valence-electron chi connectivity index (χ4n) is 1.79. The fraction of sp³-hybridized carbons (Fsp3) is 0. The van der Waals surface area contributed by atoms with Crippen LogP contribution in [0.2, 0.25) is 5.02 Å². The molecule has 2 heterocycles. The van der Waals surface area contributed by atoms with Gasteiger partial charge in [0, 0.05) is 0 Å². The van der Waals surface area contributed by atoms with Crippen LogP contribution < -0.4 is 0 Å². The standard InChI is InChI=1S/C13H6ClFN4S/c14-9-6-8(3-4-10(9)15)19-13(11(7-16)17-18-19)12-2-1-5-20-12/h1-6H. The van der Waals surface area contributed by atoms with Gasteiger partial charge in [-0.3, -0.25) is 0 Å². The summed E-state index contributed by atoms with van der Waals surface area (Å²) < 4.78 is 14.7. The highest BCUT2D eigenvalue weighted by molar-refractivity contribution is 7.13. The highest BCUT2D eigenvalue weighted by atomic mass is 35.5. The molecule has 1 aromatic carbocycles. The zero-order valence-electron chi connectivity index (χ0n) is 9.92. The van der Waals surface area contributed by atoms with Crippen LogP contribution in [0.4, 0.5) is 4.39 Å². The van der Waals surface area contributed by atoms with Gasteiger partial charge in [-0.2, -0.15) is 5.26 Å². The zero-order valence-corrected chi connectivity index (χ0v) is 11.5. The molecule has 0 aliphatic heterocycles. The van der Waals surface area contributed by atoms with Crippen molar-refractivity contribution in [2.24, 2.45) is 0 Å². The van der Waals surface area contributed by atoms with Gasteiger partial charge in [-0.1, -0.05) is 22.9 Å². The van der Waals surface area contributed by atoms with E-state index in [9.17, 15) is 4.39 Å². The molecule has 0 atom stereocenters. The maximum Gasteiger partial charge on any atom is 0.191 e. The Balaban J connectivity index is 2.22. The van der Waals surface area contributed by atoms with Crippen LogP contribution in [0.3, 0.4) is 0 Å². The molecule has 0 unspecified atom stereocenters. The molecule has 98 valence electrons. The van der Waals surface area contributed by atoms with Crippen molar-refractivity contribution in [3.8, 4) is 22.3 Å². The van der Waals surface area contributed by atoms with Gasteiger partial charge in [0.25, 0.3) is 0 Å². The molecule has 0 N–H and O–H groups in total. The number of hydrogen-bond donors (Lipinski definition) is 0. The summed E-state index contributed by atoms with van der Waals surface area (Å²) in [6.45, 7) is 0. The minimum absolute atomic E-state index is 0.00589. The first-order valence-corrected chi connectivity index (χ1v) is 6.81. The van der Waals surface area contributed by atoms with Crippen LogP contribution in [0.1, 0.15) is 5.69 Å². The van der Waals surface area contributed by atoms with Crippen molar-refractivity contribution in [2.45, 2.75) is 0 Å². The third kappa shape index (κ3) is 2.07. The van der Waals surface area contributed by atoms with Gasteiger partial charge >= 0.3 is 0 Å². The summed E-state index contributed by atoms with van der Waals surface area (Å²) in [6, 6.07) is 9.98. The Hall–Kier alpha value is -2.23. The lowest BCUT2D eigenvalue weighted by Crippen LogP contribution is -1.99. The Labute approximate surface area is 122 Å². The van der Waals surface area contributed by atoms with E-state index in [1.165, 1.54) is 34.2 Å². The maximum absolute atomic E-state index is 13.2. The quantitative estimate of drug-likeness (QED) is 0.726. The average molecular weight is 305 g/mol. The van der Waals surface area contributed by atoms with E-state index >= 15 is 0 Å². The van der Waals surface area contributed by atoms with Gasteiger partial charge in [-0.25, -0.2) is 9.07 Å². The van der Waals surface area contributed by atoms with Crippen LogP contribution in [0, 0.1) is 17.1 Å². The molecule has 0 radical (unpaired) electrons.